The van der Waals surface area contributed by atoms with E-state index in [-0.39, 0.29) is 32.7 Å². The van der Waals surface area contributed by atoms with Crippen LogP contribution in [-0.4, -0.2) is 9.13 Å². The van der Waals surface area contributed by atoms with Crippen LogP contribution in [0.3, 0.4) is 0 Å². The van der Waals surface area contributed by atoms with Crippen molar-refractivity contribution in [2.75, 3.05) is 0 Å². The lowest BCUT2D eigenvalue weighted by Crippen LogP contribution is -2.38. The molecule has 0 amide bonds. The third-order valence-corrected chi connectivity index (χ3v) is 5.63. The SMILES string of the molecule is CCCCCCCCCn1c(=O)c2cc3c(=O)n(C(C)(C)C)c(=O)c3cc2c1=O. The van der Waals surface area contributed by atoms with Crippen LogP contribution in [0.25, 0.3) is 21.5 Å². The summed E-state index contributed by atoms with van der Waals surface area (Å²) in [6, 6.07) is 2.86. The summed E-state index contributed by atoms with van der Waals surface area (Å²) in [5.74, 6) is 0. The monoisotopic (exact) mass is 398 g/mol. The normalized spacial score (nSPS) is 12.4. The first-order valence-corrected chi connectivity index (χ1v) is 10.6. The minimum atomic E-state index is -0.672. The highest BCUT2D eigenvalue weighted by Crippen LogP contribution is 2.18. The van der Waals surface area contributed by atoms with Crippen LogP contribution < -0.4 is 22.2 Å². The van der Waals surface area contributed by atoms with Crippen molar-refractivity contribution in [1.29, 1.82) is 0 Å². The summed E-state index contributed by atoms with van der Waals surface area (Å²) in [6.45, 7) is 7.90. The average Bonchev–Trinajstić information content (AvgIpc) is 3.04. The molecule has 0 radical (unpaired) electrons. The van der Waals surface area contributed by atoms with Crippen molar-refractivity contribution < 1.29 is 0 Å². The van der Waals surface area contributed by atoms with Gasteiger partial charge in [0.2, 0.25) is 0 Å². The lowest BCUT2D eigenvalue weighted by molar-refractivity contribution is 0.380. The number of unbranched alkanes of at least 4 members (excludes halogenated alkanes) is 6. The van der Waals surface area contributed by atoms with E-state index in [0.29, 0.717) is 6.54 Å². The highest BCUT2D eigenvalue weighted by Gasteiger charge is 2.24. The predicted octanol–water partition coefficient (Wildman–Crippen LogP) is 3.42. The highest BCUT2D eigenvalue weighted by atomic mass is 16.2. The second-order valence-electron chi connectivity index (χ2n) is 8.94. The van der Waals surface area contributed by atoms with Gasteiger partial charge < -0.3 is 0 Å². The first kappa shape index (κ1) is 21.2. The number of aromatic nitrogens is 2. The van der Waals surface area contributed by atoms with Crippen LogP contribution >= 0.6 is 0 Å². The Labute approximate surface area is 169 Å². The summed E-state index contributed by atoms with van der Waals surface area (Å²) in [7, 11) is 0. The van der Waals surface area contributed by atoms with Gasteiger partial charge in [0, 0.05) is 12.1 Å². The molecule has 0 unspecified atom stereocenters. The molecular weight excluding hydrogens is 368 g/mol. The molecule has 2 aromatic heterocycles. The van der Waals surface area contributed by atoms with Crippen LogP contribution in [0.5, 0.6) is 0 Å². The number of rotatable bonds is 8. The average molecular weight is 399 g/mol. The van der Waals surface area contributed by atoms with Crippen molar-refractivity contribution >= 4 is 21.5 Å². The topological polar surface area (TPSA) is 78.1 Å². The smallest absolute Gasteiger partial charge is 0.262 e. The zero-order valence-corrected chi connectivity index (χ0v) is 17.8. The molecule has 0 aliphatic rings. The number of fused-ring (bicyclic) bond motifs is 2. The minimum Gasteiger partial charge on any atom is -0.274 e. The molecule has 0 saturated carbocycles. The van der Waals surface area contributed by atoms with Crippen LogP contribution in [0.2, 0.25) is 0 Å². The predicted molar refractivity (Wildman–Crippen MR) is 118 cm³/mol. The fourth-order valence-corrected chi connectivity index (χ4v) is 4.06. The summed E-state index contributed by atoms with van der Waals surface area (Å²) in [5.41, 5.74) is -2.23. The number of nitrogens with zero attached hydrogens (tertiary/aromatic N) is 2. The van der Waals surface area contributed by atoms with Gasteiger partial charge in [0.15, 0.2) is 0 Å². The van der Waals surface area contributed by atoms with E-state index in [1.165, 1.54) is 47.0 Å². The quantitative estimate of drug-likeness (QED) is 0.545. The van der Waals surface area contributed by atoms with E-state index >= 15 is 0 Å². The molecule has 156 valence electrons. The fraction of sp³-hybridized carbons (Fsp3) is 0.565. The van der Waals surface area contributed by atoms with E-state index in [4.69, 9.17) is 0 Å². The lowest BCUT2D eigenvalue weighted by Gasteiger charge is -2.18. The molecule has 0 bridgehead atoms. The van der Waals surface area contributed by atoms with E-state index in [1.54, 1.807) is 20.8 Å². The van der Waals surface area contributed by atoms with Gasteiger partial charge in [-0.2, -0.15) is 0 Å². The Morgan fingerprint density at radius 1 is 0.655 bits per heavy atom. The van der Waals surface area contributed by atoms with Gasteiger partial charge in [-0.05, 0) is 39.3 Å². The van der Waals surface area contributed by atoms with E-state index < -0.39 is 16.7 Å². The summed E-state index contributed by atoms with van der Waals surface area (Å²) in [5, 5.41) is 0.882. The standard InChI is InChI=1S/C23H30N2O4/c1-5-6-7-8-9-10-11-12-24-19(26)15-13-17-18(14-16(15)20(24)27)22(29)25(21(17)28)23(2,3)4/h13-14H,5-12H2,1-4H3. The molecule has 1 aromatic carbocycles. The van der Waals surface area contributed by atoms with Crippen molar-refractivity contribution in [3.63, 3.8) is 0 Å². The van der Waals surface area contributed by atoms with Gasteiger partial charge >= 0.3 is 0 Å². The Morgan fingerprint density at radius 2 is 1.07 bits per heavy atom. The molecule has 2 heterocycles. The van der Waals surface area contributed by atoms with E-state index in [2.05, 4.69) is 6.92 Å². The van der Waals surface area contributed by atoms with Gasteiger partial charge in [0.25, 0.3) is 22.2 Å². The maximum atomic E-state index is 12.8. The third kappa shape index (κ3) is 3.85. The van der Waals surface area contributed by atoms with Crippen molar-refractivity contribution in [1.82, 2.24) is 9.13 Å². The summed E-state index contributed by atoms with van der Waals surface area (Å²) in [6.07, 6.45) is 7.70. The summed E-state index contributed by atoms with van der Waals surface area (Å²) in [4.78, 5) is 51.0. The Kier molecular flexibility index (Phi) is 5.92. The Bertz CT molecular complexity index is 1150. The van der Waals surface area contributed by atoms with E-state index in [1.807, 2.05) is 0 Å². The number of hydrogen-bond acceptors (Lipinski definition) is 4. The van der Waals surface area contributed by atoms with Gasteiger partial charge in [0.1, 0.15) is 0 Å². The molecule has 0 aliphatic heterocycles. The lowest BCUT2D eigenvalue weighted by atomic mass is 10.1. The van der Waals surface area contributed by atoms with Crippen LogP contribution in [-0.2, 0) is 12.1 Å². The zero-order valence-electron chi connectivity index (χ0n) is 17.8. The number of benzene rings is 1. The molecule has 3 aromatic rings. The molecule has 6 heteroatoms. The first-order valence-electron chi connectivity index (χ1n) is 10.6. The molecule has 0 atom stereocenters. The van der Waals surface area contributed by atoms with Gasteiger partial charge in [-0.25, -0.2) is 0 Å². The van der Waals surface area contributed by atoms with Crippen molar-refractivity contribution in [2.24, 2.45) is 0 Å². The first-order chi connectivity index (χ1) is 13.7. The number of hydrogen-bond donors (Lipinski definition) is 0. The van der Waals surface area contributed by atoms with Crippen molar-refractivity contribution in [3.05, 3.63) is 53.5 Å². The highest BCUT2D eigenvalue weighted by molar-refractivity contribution is 5.97. The van der Waals surface area contributed by atoms with E-state index in [0.717, 1.165) is 19.3 Å². The molecule has 0 aliphatic carbocycles. The summed E-state index contributed by atoms with van der Waals surface area (Å²) < 4.78 is 2.44. The zero-order chi connectivity index (χ0) is 21.3. The van der Waals surface area contributed by atoms with Crippen LogP contribution in [0.4, 0.5) is 0 Å². The van der Waals surface area contributed by atoms with Crippen molar-refractivity contribution in [3.8, 4) is 0 Å². The van der Waals surface area contributed by atoms with Gasteiger partial charge in [-0.1, -0.05) is 45.4 Å². The molecular formula is C23H30N2O4. The van der Waals surface area contributed by atoms with Crippen LogP contribution in [0.1, 0.15) is 72.6 Å². The van der Waals surface area contributed by atoms with Gasteiger partial charge in [-0.3, -0.25) is 28.3 Å². The maximum Gasteiger partial charge on any atom is 0.262 e. The largest absolute Gasteiger partial charge is 0.274 e. The van der Waals surface area contributed by atoms with Crippen LogP contribution in [0.15, 0.2) is 31.3 Å². The van der Waals surface area contributed by atoms with Gasteiger partial charge in [-0.15, -0.1) is 0 Å². The Morgan fingerprint density at radius 3 is 1.52 bits per heavy atom. The van der Waals surface area contributed by atoms with E-state index in [9.17, 15) is 19.2 Å². The second-order valence-corrected chi connectivity index (χ2v) is 8.94. The summed E-state index contributed by atoms with van der Waals surface area (Å²) >= 11 is 0. The van der Waals surface area contributed by atoms with Gasteiger partial charge in [0.05, 0.1) is 21.5 Å². The molecule has 6 nitrogen and oxygen atoms in total. The fourth-order valence-electron chi connectivity index (χ4n) is 4.06. The molecule has 29 heavy (non-hydrogen) atoms. The third-order valence-electron chi connectivity index (χ3n) is 5.63. The Hall–Kier alpha value is -2.50. The molecule has 0 N–H and O–H groups in total. The molecule has 0 saturated heterocycles. The molecule has 3 rings (SSSR count). The maximum absolute atomic E-state index is 12.8. The Balaban J connectivity index is 1.94. The second kappa shape index (κ2) is 8.09. The van der Waals surface area contributed by atoms with Crippen molar-refractivity contribution in [2.45, 2.75) is 84.7 Å². The van der Waals surface area contributed by atoms with Crippen LogP contribution in [0, 0.1) is 0 Å². The molecule has 0 spiro atoms. The molecule has 0 fully saturated rings. The minimum absolute atomic E-state index is 0.211.